The molecule has 3 N–H and O–H groups in total. The van der Waals surface area contributed by atoms with Gasteiger partial charge in [0.15, 0.2) is 0 Å². The molecule has 0 amide bonds. The Bertz CT molecular complexity index is 1090. The van der Waals surface area contributed by atoms with E-state index in [0.717, 1.165) is 29.9 Å². The summed E-state index contributed by atoms with van der Waals surface area (Å²) in [5.74, 6) is 2.45. The Hall–Kier alpha value is -3.09. The van der Waals surface area contributed by atoms with Gasteiger partial charge >= 0.3 is 0 Å². The molecular formula is C25H29F2N5. The minimum absolute atomic E-state index is 0.148. The van der Waals surface area contributed by atoms with Crippen LogP contribution in [0.4, 0.5) is 26.2 Å². The number of halogens is 2. The van der Waals surface area contributed by atoms with Gasteiger partial charge in [-0.25, -0.2) is 23.7 Å². The van der Waals surface area contributed by atoms with Crippen molar-refractivity contribution in [3.63, 3.8) is 0 Å². The Labute approximate surface area is 187 Å². The van der Waals surface area contributed by atoms with Gasteiger partial charge in [0.05, 0.1) is 11.4 Å². The highest BCUT2D eigenvalue weighted by Gasteiger charge is 2.29. The first-order valence-corrected chi connectivity index (χ1v) is 11.0. The van der Waals surface area contributed by atoms with E-state index in [-0.39, 0.29) is 11.6 Å². The smallest absolute Gasteiger partial charge is 0.148 e. The second kappa shape index (κ2) is 8.81. The zero-order chi connectivity index (χ0) is 23.0. The number of aromatic nitrogens is 3. The molecule has 3 heterocycles. The van der Waals surface area contributed by atoms with Crippen LogP contribution < -0.4 is 11.1 Å². The highest BCUT2D eigenvalue weighted by Crippen LogP contribution is 2.44. The third-order valence-corrected chi connectivity index (χ3v) is 6.04. The molecule has 5 rings (SSSR count). The van der Waals surface area contributed by atoms with Gasteiger partial charge < -0.3 is 11.1 Å². The Morgan fingerprint density at radius 2 is 1.34 bits per heavy atom. The first kappa shape index (κ1) is 22.1. The topological polar surface area (TPSA) is 76.7 Å². The van der Waals surface area contributed by atoms with E-state index < -0.39 is 0 Å². The maximum absolute atomic E-state index is 14.2. The molecule has 7 heteroatoms. The van der Waals surface area contributed by atoms with Crippen LogP contribution in [0.5, 0.6) is 0 Å². The molecule has 3 aromatic heterocycles. The van der Waals surface area contributed by atoms with Crippen molar-refractivity contribution in [1.82, 2.24) is 15.0 Å². The lowest BCUT2D eigenvalue weighted by molar-refractivity contribution is 0.593. The predicted octanol–water partition coefficient (Wildman–Crippen LogP) is 6.15. The van der Waals surface area contributed by atoms with Crippen molar-refractivity contribution in [2.45, 2.75) is 65.2 Å². The number of nitrogens with zero attached hydrogens (tertiary/aromatic N) is 3. The number of pyridine rings is 3. The minimum Gasteiger partial charge on any atom is -0.384 e. The lowest BCUT2D eigenvalue weighted by atomic mass is 10.0. The van der Waals surface area contributed by atoms with Crippen molar-refractivity contribution in [1.29, 1.82) is 0 Å². The monoisotopic (exact) mass is 437 g/mol. The van der Waals surface area contributed by atoms with Gasteiger partial charge in [0.1, 0.15) is 29.1 Å². The second-order valence-corrected chi connectivity index (χ2v) is 8.78. The average molecular weight is 438 g/mol. The van der Waals surface area contributed by atoms with Gasteiger partial charge in [-0.05, 0) is 106 Å². The second-order valence-electron chi connectivity index (χ2n) is 8.78. The third-order valence-electron chi connectivity index (χ3n) is 6.04. The summed E-state index contributed by atoms with van der Waals surface area (Å²) in [6.45, 7) is 7.50. The van der Waals surface area contributed by atoms with E-state index in [1.54, 1.807) is 13.8 Å². The average Bonchev–Trinajstić information content (AvgIpc) is 3.63. The zero-order valence-electron chi connectivity index (χ0n) is 19.0. The third kappa shape index (κ3) is 5.03. The van der Waals surface area contributed by atoms with Crippen molar-refractivity contribution in [3.8, 4) is 0 Å². The first-order valence-electron chi connectivity index (χ1n) is 11.0. The van der Waals surface area contributed by atoms with Crippen LogP contribution in [0.25, 0.3) is 0 Å². The molecule has 0 spiro atoms. The quantitative estimate of drug-likeness (QED) is 0.512. The van der Waals surface area contributed by atoms with Crippen LogP contribution in [0.3, 0.4) is 0 Å². The van der Waals surface area contributed by atoms with Crippen LogP contribution in [0.2, 0.25) is 0 Å². The van der Waals surface area contributed by atoms with Gasteiger partial charge in [-0.2, -0.15) is 0 Å². The fourth-order valence-corrected chi connectivity index (χ4v) is 3.78. The van der Waals surface area contributed by atoms with Gasteiger partial charge in [0.2, 0.25) is 0 Å². The number of nitrogen functional groups attached to an aromatic ring is 1. The van der Waals surface area contributed by atoms with E-state index in [4.69, 9.17) is 5.73 Å². The summed E-state index contributed by atoms with van der Waals surface area (Å²) in [5, 5.41) is 3.30. The number of anilines is 3. The molecule has 0 atom stereocenters. The highest BCUT2D eigenvalue weighted by molar-refractivity contribution is 5.57. The molecule has 3 aromatic rings. The Morgan fingerprint density at radius 1 is 0.781 bits per heavy atom. The molecule has 5 nitrogen and oxygen atoms in total. The highest BCUT2D eigenvalue weighted by atomic mass is 19.1. The minimum atomic E-state index is -0.316. The van der Waals surface area contributed by atoms with Crippen molar-refractivity contribution in [2.75, 3.05) is 11.1 Å². The predicted molar refractivity (Wildman–Crippen MR) is 123 cm³/mol. The molecule has 0 radical (unpaired) electrons. The molecular weight excluding hydrogens is 408 g/mol. The van der Waals surface area contributed by atoms with Gasteiger partial charge in [-0.3, -0.25) is 0 Å². The van der Waals surface area contributed by atoms with Crippen molar-refractivity contribution in [3.05, 3.63) is 69.7 Å². The van der Waals surface area contributed by atoms with Gasteiger partial charge in [-0.15, -0.1) is 0 Å². The van der Waals surface area contributed by atoms with E-state index >= 15 is 0 Å². The number of nitrogens with one attached hydrogen (secondary N) is 1. The summed E-state index contributed by atoms with van der Waals surface area (Å²) in [4.78, 5) is 12.7. The number of aryl methyl sites for hydroxylation is 3. The summed E-state index contributed by atoms with van der Waals surface area (Å²) < 4.78 is 26.6. The lowest BCUT2D eigenvalue weighted by Gasteiger charge is -2.13. The molecule has 0 bridgehead atoms. The fraction of sp³-hybridized carbons (Fsp3) is 0.400. The Balaban J connectivity index is 0.000000230. The van der Waals surface area contributed by atoms with Crippen LogP contribution >= 0.6 is 0 Å². The van der Waals surface area contributed by atoms with Crippen molar-refractivity contribution < 1.29 is 8.78 Å². The molecule has 0 aromatic carbocycles. The Kier molecular flexibility index (Phi) is 6.09. The van der Waals surface area contributed by atoms with Gasteiger partial charge in [0, 0.05) is 5.69 Å². The first-order chi connectivity index (χ1) is 15.2. The largest absolute Gasteiger partial charge is 0.384 e. The van der Waals surface area contributed by atoms with E-state index in [0.29, 0.717) is 34.9 Å². The molecule has 2 aliphatic carbocycles. The summed E-state index contributed by atoms with van der Waals surface area (Å²) in [6.07, 6.45) is 4.69. The SMILES string of the molecule is Cc1nc(N)ccc1F.Cc1nc(Nc2cc(C3CC3)c(F)c(C)n2)cc(C2CC2)c1C. The maximum Gasteiger partial charge on any atom is 0.148 e. The molecule has 2 aliphatic rings. The summed E-state index contributed by atoms with van der Waals surface area (Å²) in [6, 6.07) is 6.73. The van der Waals surface area contributed by atoms with Gasteiger partial charge in [0.25, 0.3) is 0 Å². The zero-order valence-corrected chi connectivity index (χ0v) is 19.0. The van der Waals surface area contributed by atoms with Crippen LogP contribution in [0, 0.1) is 39.3 Å². The van der Waals surface area contributed by atoms with Crippen LogP contribution in [-0.2, 0) is 0 Å². The Morgan fingerprint density at radius 3 is 1.91 bits per heavy atom. The maximum atomic E-state index is 14.2. The van der Waals surface area contributed by atoms with Crippen LogP contribution in [0.15, 0.2) is 24.3 Å². The van der Waals surface area contributed by atoms with Crippen molar-refractivity contribution in [2.24, 2.45) is 0 Å². The summed E-state index contributed by atoms with van der Waals surface area (Å²) in [7, 11) is 0. The molecule has 32 heavy (non-hydrogen) atoms. The molecule has 0 unspecified atom stereocenters. The summed E-state index contributed by atoms with van der Waals surface area (Å²) >= 11 is 0. The number of hydrogen-bond donors (Lipinski definition) is 2. The van der Waals surface area contributed by atoms with E-state index in [1.807, 2.05) is 13.0 Å². The fourth-order valence-electron chi connectivity index (χ4n) is 3.78. The normalized spacial score (nSPS) is 15.2. The van der Waals surface area contributed by atoms with Crippen molar-refractivity contribution >= 4 is 17.5 Å². The molecule has 2 saturated carbocycles. The molecule has 0 aliphatic heterocycles. The number of hydrogen-bond acceptors (Lipinski definition) is 5. The van der Waals surface area contributed by atoms with Crippen LogP contribution in [0.1, 0.15) is 71.3 Å². The molecule has 2 fully saturated rings. The summed E-state index contributed by atoms with van der Waals surface area (Å²) in [5.41, 5.74) is 10.6. The standard InChI is InChI=1S/C19H22FN3.C6H7FN2/c1-10-11(2)21-17(8-15(10)13-4-5-13)23-18-9-16(14-6-7-14)19(20)12(3)22-18;1-4-5(7)2-3-6(8)9-4/h8-9,13-14H,4-7H2,1-3H3,(H,21,22,23);2-3H,1H3,(H2,8,9). The van der Waals surface area contributed by atoms with Gasteiger partial charge in [-0.1, -0.05) is 0 Å². The van der Waals surface area contributed by atoms with Crippen LogP contribution in [-0.4, -0.2) is 15.0 Å². The lowest BCUT2D eigenvalue weighted by Crippen LogP contribution is -2.04. The molecule has 0 saturated heterocycles. The van der Waals surface area contributed by atoms with E-state index in [1.165, 1.54) is 36.1 Å². The number of rotatable bonds is 4. The molecule has 168 valence electrons. The van der Waals surface area contributed by atoms with E-state index in [9.17, 15) is 8.78 Å². The number of nitrogens with two attached hydrogens (primary N) is 1. The van der Waals surface area contributed by atoms with E-state index in [2.05, 4.69) is 33.3 Å².